The van der Waals surface area contributed by atoms with Crippen LogP contribution in [0.15, 0.2) is 30.5 Å². The molecule has 1 aromatic heterocycles. The topological polar surface area (TPSA) is 40.8 Å². The molecule has 2 rings (SSSR count). The van der Waals surface area contributed by atoms with E-state index >= 15 is 0 Å². The van der Waals surface area contributed by atoms with Crippen molar-refractivity contribution in [3.63, 3.8) is 0 Å². The van der Waals surface area contributed by atoms with Crippen LogP contribution in [-0.2, 0) is 12.5 Å². The number of fused-ring (bicyclic) bond motifs is 1. The molecule has 1 aromatic carbocycles. The van der Waals surface area contributed by atoms with Gasteiger partial charge in [0.25, 0.3) is 0 Å². The summed E-state index contributed by atoms with van der Waals surface area (Å²) in [5.41, 5.74) is 2.67. The molecule has 0 saturated carbocycles. The lowest BCUT2D eigenvalue weighted by Crippen LogP contribution is -2.33. The van der Waals surface area contributed by atoms with E-state index in [1.165, 1.54) is 16.5 Å². The summed E-state index contributed by atoms with van der Waals surface area (Å²) in [4.78, 5) is 0. The van der Waals surface area contributed by atoms with Crippen molar-refractivity contribution in [2.24, 2.45) is 7.05 Å². The fourth-order valence-electron chi connectivity index (χ4n) is 2.52. The van der Waals surface area contributed by atoms with Gasteiger partial charge in [-0.1, -0.05) is 32.0 Å². The Kier molecular flexibility index (Phi) is 3.92. The Morgan fingerprint density at radius 3 is 2.79 bits per heavy atom. The van der Waals surface area contributed by atoms with E-state index < -0.39 is 0 Å². The number of nitrogens with zero attached hydrogens (tertiary/aromatic N) is 2. The van der Waals surface area contributed by atoms with Crippen molar-refractivity contribution >= 4 is 10.9 Å². The summed E-state index contributed by atoms with van der Waals surface area (Å²) in [6.45, 7) is 6.12. The molecule has 0 aliphatic rings. The third kappa shape index (κ3) is 2.80. The molecule has 19 heavy (non-hydrogen) atoms. The zero-order valence-electron chi connectivity index (χ0n) is 11.9. The van der Waals surface area contributed by atoms with Crippen molar-refractivity contribution in [1.29, 1.82) is 5.26 Å². The van der Waals surface area contributed by atoms with Gasteiger partial charge in [0.15, 0.2) is 0 Å². The number of aryl methyl sites for hydroxylation is 1. The Labute approximate surface area is 114 Å². The highest BCUT2D eigenvalue weighted by Gasteiger charge is 2.24. The first kappa shape index (κ1) is 13.6. The third-order valence-corrected chi connectivity index (χ3v) is 3.61. The van der Waals surface area contributed by atoms with Gasteiger partial charge in [-0.2, -0.15) is 5.26 Å². The highest BCUT2D eigenvalue weighted by atomic mass is 14.9. The molecule has 0 unspecified atom stereocenters. The highest BCUT2D eigenvalue weighted by molar-refractivity contribution is 5.85. The summed E-state index contributed by atoms with van der Waals surface area (Å²) in [6.07, 6.45) is 2.78. The minimum atomic E-state index is 0.0519. The molecule has 2 aromatic rings. The minimum absolute atomic E-state index is 0.0519. The van der Waals surface area contributed by atoms with Crippen molar-refractivity contribution in [3.05, 3.63) is 36.0 Å². The van der Waals surface area contributed by atoms with Crippen LogP contribution in [0.3, 0.4) is 0 Å². The van der Waals surface area contributed by atoms with Gasteiger partial charge in [0, 0.05) is 49.1 Å². The van der Waals surface area contributed by atoms with Crippen LogP contribution >= 0.6 is 0 Å². The second-order valence-corrected chi connectivity index (χ2v) is 5.64. The summed E-state index contributed by atoms with van der Waals surface area (Å²) in [6, 6.07) is 10.7. The fourth-order valence-corrected chi connectivity index (χ4v) is 2.52. The summed E-state index contributed by atoms with van der Waals surface area (Å²) in [5, 5.41) is 13.2. The van der Waals surface area contributed by atoms with E-state index in [1.807, 2.05) is 0 Å². The van der Waals surface area contributed by atoms with Crippen LogP contribution in [0, 0.1) is 11.3 Å². The largest absolute Gasteiger partial charge is 0.350 e. The first-order valence-electron chi connectivity index (χ1n) is 6.68. The Balaban J connectivity index is 2.25. The van der Waals surface area contributed by atoms with E-state index in [-0.39, 0.29) is 5.41 Å². The molecule has 0 aliphatic heterocycles. The predicted octanol–water partition coefficient (Wildman–Crippen LogP) is 2.96. The molecule has 0 radical (unpaired) electrons. The quantitative estimate of drug-likeness (QED) is 0.834. The highest BCUT2D eigenvalue weighted by Crippen LogP contribution is 2.31. The molecule has 100 valence electrons. The number of aromatic nitrogens is 1. The molecule has 0 amide bonds. The molecule has 0 fully saturated rings. The molecule has 1 heterocycles. The summed E-state index contributed by atoms with van der Waals surface area (Å²) in [7, 11) is 2.09. The van der Waals surface area contributed by atoms with Crippen molar-refractivity contribution < 1.29 is 0 Å². The summed E-state index contributed by atoms with van der Waals surface area (Å²) in [5.74, 6) is 0. The average Bonchev–Trinajstić information content (AvgIpc) is 2.74. The molecule has 0 aliphatic carbocycles. The van der Waals surface area contributed by atoms with E-state index in [0.29, 0.717) is 6.42 Å². The Morgan fingerprint density at radius 2 is 2.05 bits per heavy atom. The van der Waals surface area contributed by atoms with Crippen LogP contribution in [0.5, 0.6) is 0 Å². The van der Waals surface area contributed by atoms with Crippen LogP contribution in [0.1, 0.15) is 25.8 Å². The number of nitrogens with one attached hydrogen (secondary N) is 1. The Morgan fingerprint density at radius 1 is 1.32 bits per heavy atom. The Hall–Kier alpha value is -1.79. The van der Waals surface area contributed by atoms with E-state index in [0.717, 1.165) is 13.1 Å². The van der Waals surface area contributed by atoms with Gasteiger partial charge in [0.1, 0.15) is 0 Å². The van der Waals surface area contributed by atoms with Gasteiger partial charge in [-0.3, -0.25) is 0 Å². The monoisotopic (exact) mass is 255 g/mol. The maximum absolute atomic E-state index is 8.56. The lowest BCUT2D eigenvalue weighted by molar-refractivity contribution is 0.475. The van der Waals surface area contributed by atoms with Crippen LogP contribution in [0.4, 0.5) is 0 Å². The summed E-state index contributed by atoms with van der Waals surface area (Å²) >= 11 is 0. The molecule has 3 nitrogen and oxygen atoms in total. The molecule has 1 N–H and O–H groups in total. The van der Waals surface area contributed by atoms with Crippen molar-refractivity contribution in [2.75, 3.05) is 13.1 Å². The number of benzene rings is 1. The van der Waals surface area contributed by atoms with Crippen molar-refractivity contribution in [2.45, 2.75) is 25.7 Å². The summed E-state index contributed by atoms with van der Waals surface area (Å²) < 4.78 is 2.18. The van der Waals surface area contributed by atoms with Gasteiger partial charge in [-0.15, -0.1) is 0 Å². The van der Waals surface area contributed by atoms with E-state index in [1.54, 1.807) is 0 Å². The van der Waals surface area contributed by atoms with E-state index in [9.17, 15) is 0 Å². The zero-order chi connectivity index (χ0) is 13.9. The average molecular weight is 255 g/mol. The molecular formula is C16H21N3. The molecule has 0 bridgehead atoms. The molecule has 0 atom stereocenters. The lowest BCUT2D eigenvalue weighted by atomic mass is 9.84. The molecule has 0 spiro atoms. The van der Waals surface area contributed by atoms with Crippen LogP contribution in [0.25, 0.3) is 10.9 Å². The molecular weight excluding hydrogens is 234 g/mol. The van der Waals surface area contributed by atoms with Gasteiger partial charge in [0.05, 0.1) is 6.07 Å². The normalized spacial score (nSPS) is 11.7. The second-order valence-electron chi connectivity index (χ2n) is 5.64. The maximum atomic E-state index is 8.56. The smallest absolute Gasteiger partial charge is 0.0635 e. The van der Waals surface area contributed by atoms with Gasteiger partial charge in [-0.05, 0) is 11.6 Å². The standard InChI is InChI=1S/C16H21N3/c1-16(2,12-18-10-6-9-17)14-11-19(3)15-8-5-4-7-13(14)15/h4-5,7-8,11,18H,6,10,12H2,1-3H3. The SMILES string of the molecule is Cn1cc(C(C)(C)CNCCC#N)c2ccccc21. The van der Waals surface area contributed by atoms with Crippen molar-refractivity contribution in [1.82, 2.24) is 9.88 Å². The third-order valence-electron chi connectivity index (χ3n) is 3.61. The molecule has 0 saturated heterocycles. The van der Waals surface area contributed by atoms with E-state index in [4.69, 9.17) is 5.26 Å². The number of para-hydroxylation sites is 1. The van der Waals surface area contributed by atoms with Gasteiger partial charge >= 0.3 is 0 Å². The van der Waals surface area contributed by atoms with Crippen molar-refractivity contribution in [3.8, 4) is 6.07 Å². The number of hydrogen-bond acceptors (Lipinski definition) is 2. The number of nitriles is 1. The zero-order valence-corrected chi connectivity index (χ0v) is 11.9. The number of rotatable bonds is 5. The second kappa shape index (κ2) is 5.46. The van der Waals surface area contributed by atoms with Gasteiger partial charge in [0.2, 0.25) is 0 Å². The van der Waals surface area contributed by atoms with Crippen LogP contribution < -0.4 is 5.32 Å². The van der Waals surface area contributed by atoms with Crippen LogP contribution in [0.2, 0.25) is 0 Å². The Bertz CT molecular complexity index is 602. The van der Waals surface area contributed by atoms with Gasteiger partial charge < -0.3 is 9.88 Å². The fraction of sp³-hybridized carbons (Fsp3) is 0.438. The van der Waals surface area contributed by atoms with Gasteiger partial charge in [-0.25, -0.2) is 0 Å². The van der Waals surface area contributed by atoms with E-state index in [2.05, 4.69) is 67.3 Å². The first-order chi connectivity index (χ1) is 9.06. The molecule has 3 heteroatoms. The van der Waals surface area contributed by atoms with Crippen LogP contribution in [-0.4, -0.2) is 17.7 Å². The first-order valence-corrected chi connectivity index (χ1v) is 6.68. The number of hydrogen-bond donors (Lipinski definition) is 1. The predicted molar refractivity (Wildman–Crippen MR) is 79.0 cm³/mol. The maximum Gasteiger partial charge on any atom is 0.0635 e. The lowest BCUT2D eigenvalue weighted by Gasteiger charge is -2.25. The minimum Gasteiger partial charge on any atom is -0.350 e.